The van der Waals surface area contributed by atoms with E-state index in [1.165, 1.54) is 0 Å². The Labute approximate surface area is 123 Å². The molecule has 3 rings (SSSR count). The molecule has 0 aliphatic heterocycles. The van der Waals surface area contributed by atoms with Gasteiger partial charge in [0.2, 0.25) is 0 Å². The molecule has 1 aliphatic carbocycles. The zero-order valence-corrected chi connectivity index (χ0v) is 12.1. The highest BCUT2D eigenvalue weighted by atomic mass is 16.5. The Bertz CT molecular complexity index is 625. The summed E-state index contributed by atoms with van der Waals surface area (Å²) >= 11 is 0. The summed E-state index contributed by atoms with van der Waals surface area (Å²) in [6.45, 7) is 2.24. The van der Waals surface area contributed by atoms with E-state index < -0.39 is 5.97 Å². The number of nitrogens with zero attached hydrogens (tertiary/aromatic N) is 1. The van der Waals surface area contributed by atoms with Gasteiger partial charge < -0.3 is 9.63 Å². The van der Waals surface area contributed by atoms with Crippen LogP contribution in [-0.4, -0.2) is 16.2 Å². The number of carboxylic acid groups (broad SMARTS) is 1. The predicted octanol–water partition coefficient (Wildman–Crippen LogP) is 4.33. The number of hydrogen-bond acceptors (Lipinski definition) is 3. The highest BCUT2D eigenvalue weighted by Gasteiger charge is 2.30. The fourth-order valence-corrected chi connectivity index (χ4v) is 3.11. The fourth-order valence-electron chi connectivity index (χ4n) is 3.11. The molecule has 0 atom stereocenters. The van der Waals surface area contributed by atoms with Gasteiger partial charge >= 0.3 is 5.97 Å². The maximum absolute atomic E-state index is 11.7. The first-order chi connectivity index (χ1) is 10.2. The lowest BCUT2D eigenvalue weighted by Crippen LogP contribution is -2.14. The largest absolute Gasteiger partial charge is 0.477 e. The van der Waals surface area contributed by atoms with Crippen LogP contribution in [0.2, 0.25) is 0 Å². The number of aromatic nitrogens is 1. The van der Waals surface area contributed by atoms with E-state index in [2.05, 4.69) is 12.1 Å². The molecule has 0 radical (unpaired) electrons. The van der Waals surface area contributed by atoms with E-state index in [1.807, 2.05) is 30.3 Å². The minimum atomic E-state index is -0.955. The zero-order valence-electron chi connectivity index (χ0n) is 12.1. The summed E-state index contributed by atoms with van der Waals surface area (Å²) in [5.74, 6) is 0.337. The number of aromatic carboxylic acids is 1. The maximum atomic E-state index is 11.7. The van der Waals surface area contributed by atoms with E-state index in [9.17, 15) is 9.90 Å². The van der Waals surface area contributed by atoms with Crippen LogP contribution in [0.25, 0.3) is 11.3 Å². The summed E-state index contributed by atoms with van der Waals surface area (Å²) in [7, 11) is 0. The van der Waals surface area contributed by atoms with Gasteiger partial charge in [0.25, 0.3) is 0 Å². The fraction of sp³-hybridized carbons (Fsp3) is 0.412. The maximum Gasteiger partial charge on any atom is 0.341 e. The van der Waals surface area contributed by atoms with Crippen molar-refractivity contribution < 1.29 is 14.4 Å². The van der Waals surface area contributed by atoms with Gasteiger partial charge in [0.1, 0.15) is 11.3 Å². The first-order valence-electron chi connectivity index (χ1n) is 7.45. The third kappa shape index (κ3) is 2.71. The SMILES string of the molecule is CC1CCC(c2noc(-c3ccccc3)c2C(=O)O)CC1. The number of hydrogen-bond donors (Lipinski definition) is 1. The molecule has 4 nitrogen and oxygen atoms in total. The molecule has 0 bridgehead atoms. The minimum absolute atomic E-state index is 0.202. The van der Waals surface area contributed by atoms with Crippen molar-refractivity contribution in [3.8, 4) is 11.3 Å². The monoisotopic (exact) mass is 285 g/mol. The molecule has 1 aromatic heterocycles. The summed E-state index contributed by atoms with van der Waals surface area (Å²) in [4.78, 5) is 11.7. The highest BCUT2D eigenvalue weighted by Crippen LogP contribution is 2.39. The average Bonchev–Trinajstić information content (AvgIpc) is 2.94. The first kappa shape index (κ1) is 13.9. The summed E-state index contributed by atoms with van der Waals surface area (Å²) in [5, 5.41) is 13.7. The third-order valence-electron chi connectivity index (χ3n) is 4.37. The van der Waals surface area contributed by atoms with Gasteiger partial charge in [0, 0.05) is 11.5 Å². The molecule has 110 valence electrons. The molecule has 1 aliphatic rings. The molecular weight excluding hydrogens is 266 g/mol. The van der Waals surface area contributed by atoms with Crippen LogP contribution in [0, 0.1) is 5.92 Å². The van der Waals surface area contributed by atoms with Crippen LogP contribution in [0.3, 0.4) is 0 Å². The van der Waals surface area contributed by atoms with Crippen LogP contribution in [0.15, 0.2) is 34.9 Å². The molecule has 4 heteroatoms. The average molecular weight is 285 g/mol. The summed E-state index contributed by atoms with van der Waals surface area (Å²) < 4.78 is 5.39. The van der Waals surface area contributed by atoms with E-state index in [0.29, 0.717) is 11.5 Å². The van der Waals surface area contributed by atoms with Crippen molar-refractivity contribution in [3.05, 3.63) is 41.6 Å². The molecule has 1 aromatic carbocycles. The minimum Gasteiger partial charge on any atom is -0.477 e. The number of carboxylic acids is 1. The van der Waals surface area contributed by atoms with E-state index in [-0.39, 0.29) is 11.5 Å². The van der Waals surface area contributed by atoms with Gasteiger partial charge in [-0.1, -0.05) is 55.3 Å². The number of rotatable bonds is 3. The molecule has 2 aromatic rings. The van der Waals surface area contributed by atoms with Crippen LogP contribution in [0.1, 0.15) is 54.6 Å². The van der Waals surface area contributed by atoms with Gasteiger partial charge in [-0.3, -0.25) is 0 Å². The topological polar surface area (TPSA) is 63.3 Å². The normalized spacial score (nSPS) is 22.1. The second-order valence-electron chi connectivity index (χ2n) is 5.90. The molecular formula is C17H19NO3. The second-order valence-corrected chi connectivity index (χ2v) is 5.90. The summed E-state index contributed by atoms with van der Waals surface area (Å²) in [5.41, 5.74) is 1.62. The molecule has 0 unspecified atom stereocenters. The summed E-state index contributed by atoms with van der Waals surface area (Å²) in [6.07, 6.45) is 4.22. The second kappa shape index (κ2) is 5.72. The van der Waals surface area contributed by atoms with E-state index in [1.54, 1.807) is 0 Å². The third-order valence-corrected chi connectivity index (χ3v) is 4.37. The van der Waals surface area contributed by atoms with Gasteiger partial charge in [-0.2, -0.15) is 0 Å². The van der Waals surface area contributed by atoms with E-state index >= 15 is 0 Å². The Morgan fingerprint density at radius 1 is 1.19 bits per heavy atom. The van der Waals surface area contributed by atoms with Crippen molar-refractivity contribution >= 4 is 5.97 Å². The van der Waals surface area contributed by atoms with Crippen molar-refractivity contribution in [2.45, 2.75) is 38.5 Å². The van der Waals surface area contributed by atoms with Crippen LogP contribution in [-0.2, 0) is 0 Å². The van der Waals surface area contributed by atoms with Gasteiger partial charge in [0.15, 0.2) is 5.76 Å². The Morgan fingerprint density at radius 2 is 1.86 bits per heavy atom. The van der Waals surface area contributed by atoms with Gasteiger partial charge in [-0.05, 0) is 18.8 Å². The zero-order chi connectivity index (χ0) is 14.8. The Morgan fingerprint density at radius 3 is 2.48 bits per heavy atom. The molecule has 0 spiro atoms. The van der Waals surface area contributed by atoms with Crippen molar-refractivity contribution in [3.63, 3.8) is 0 Å². The predicted molar refractivity (Wildman–Crippen MR) is 79.3 cm³/mol. The Kier molecular flexibility index (Phi) is 3.78. The lowest BCUT2D eigenvalue weighted by atomic mass is 9.80. The number of benzene rings is 1. The molecule has 1 fully saturated rings. The molecule has 1 saturated carbocycles. The van der Waals surface area contributed by atoms with E-state index in [4.69, 9.17) is 4.52 Å². The lowest BCUT2D eigenvalue weighted by molar-refractivity contribution is 0.0695. The molecule has 21 heavy (non-hydrogen) atoms. The van der Waals surface area contributed by atoms with Crippen LogP contribution in [0.4, 0.5) is 0 Å². The smallest absolute Gasteiger partial charge is 0.341 e. The highest BCUT2D eigenvalue weighted by molar-refractivity contribution is 5.95. The molecule has 0 amide bonds. The summed E-state index contributed by atoms with van der Waals surface area (Å²) in [6, 6.07) is 9.32. The quantitative estimate of drug-likeness (QED) is 0.911. The molecule has 1 N–H and O–H groups in total. The van der Waals surface area contributed by atoms with Gasteiger partial charge in [-0.25, -0.2) is 4.79 Å². The van der Waals surface area contributed by atoms with Crippen molar-refractivity contribution in [1.29, 1.82) is 0 Å². The van der Waals surface area contributed by atoms with Gasteiger partial charge in [-0.15, -0.1) is 0 Å². The lowest BCUT2D eigenvalue weighted by Gasteiger charge is -2.24. The molecule has 0 saturated heterocycles. The van der Waals surface area contributed by atoms with Crippen LogP contribution < -0.4 is 0 Å². The van der Waals surface area contributed by atoms with Crippen LogP contribution >= 0.6 is 0 Å². The Hall–Kier alpha value is -2.10. The van der Waals surface area contributed by atoms with Crippen molar-refractivity contribution in [1.82, 2.24) is 5.16 Å². The van der Waals surface area contributed by atoms with E-state index in [0.717, 1.165) is 37.2 Å². The van der Waals surface area contributed by atoms with Crippen LogP contribution in [0.5, 0.6) is 0 Å². The standard InChI is InChI=1S/C17H19NO3/c1-11-7-9-12(10-8-11)15-14(17(19)20)16(21-18-15)13-5-3-2-4-6-13/h2-6,11-12H,7-10H2,1H3,(H,19,20). The van der Waals surface area contributed by atoms with Crippen molar-refractivity contribution in [2.24, 2.45) is 5.92 Å². The van der Waals surface area contributed by atoms with Gasteiger partial charge in [0.05, 0.1) is 0 Å². The Balaban J connectivity index is 1.99. The van der Waals surface area contributed by atoms with Crippen molar-refractivity contribution in [2.75, 3.05) is 0 Å². The number of carbonyl (C=O) groups is 1. The molecule has 1 heterocycles. The first-order valence-corrected chi connectivity index (χ1v) is 7.45.